The number of carbonyl (C=O) groups excluding carboxylic acids is 4. The summed E-state index contributed by atoms with van der Waals surface area (Å²) in [6, 6.07) is 14.9. The highest BCUT2D eigenvalue weighted by molar-refractivity contribution is 6.41. The van der Waals surface area contributed by atoms with E-state index in [4.69, 9.17) is 16.3 Å². The third kappa shape index (κ3) is 4.54. The molecule has 0 saturated carbocycles. The standard InChI is InChI=1S/C25H17ClFNO5/c26-22-19(10-9-18-21(22)24(31)17-4-2-1-3-16(17)23(18)30)25(32)33-13-20(29)28-12-11-14-5-7-15(27)8-6-14/h1-10H,11-13H2,(H,28,29). The number of ketones is 2. The number of carbonyl (C=O) groups is 4. The summed E-state index contributed by atoms with van der Waals surface area (Å²) in [6.45, 7) is -0.275. The molecule has 0 saturated heterocycles. The zero-order valence-electron chi connectivity index (χ0n) is 17.2. The minimum atomic E-state index is -0.893. The number of rotatable bonds is 6. The van der Waals surface area contributed by atoms with E-state index in [1.54, 1.807) is 30.3 Å². The molecular formula is C25H17ClFNO5. The monoisotopic (exact) mass is 465 g/mol. The largest absolute Gasteiger partial charge is 0.452 e. The van der Waals surface area contributed by atoms with Gasteiger partial charge in [-0.05, 0) is 36.2 Å². The van der Waals surface area contributed by atoms with Crippen LogP contribution in [0, 0.1) is 5.82 Å². The number of halogens is 2. The molecule has 1 N–H and O–H groups in total. The van der Waals surface area contributed by atoms with Crippen molar-refractivity contribution in [2.75, 3.05) is 13.2 Å². The first kappa shape index (κ1) is 22.4. The Hall–Kier alpha value is -3.84. The lowest BCUT2D eigenvalue weighted by molar-refractivity contribution is -0.124. The fourth-order valence-electron chi connectivity index (χ4n) is 3.56. The van der Waals surface area contributed by atoms with Crippen LogP contribution in [0.15, 0.2) is 60.7 Å². The summed E-state index contributed by atoms with van der Waals surface area (Å²) in [7, 11) is 0. The second-order valence-corrected chi connectivity index (χ2v) is 7.73. The highest BCUT2D eigenvalue weighted by Gasteiger charge is 2.33. The van der Waals surface area contributed by atoms with Crippen molar-refractivity contribution in [1.29, 1.82) is 0 Å². The van der Waals surface area contributed by atoms with Gasteiger partial charge in [0.05, 0.1) is 16.1 Å². The Kier molecular flexibility index (Phi) is 6.33. The van der Waals surface area contributed by atoms with E-state index in [1.807, 2.05) is 0 Å². The third-order valence-corrected chi connectivity index (χ3v) is 5.63. The Balaban J connectivity index is 1.40. The van der Waals surface area contributed by atoms with Crippen LogP contribution in [0.3, 0.4) is 0 Å². The average Bonchev–Trinajstić information content (AvgIpc) is 2.82. The van der Waals surface area contributed by atoms with Crippen LogP contribution in [0.5, 0.6) is 0 Å². The van der Waals surface area contributed by atoms with E-state index in [1.165, 1.54) is 30.3 Å². The van der Waals surface area contributed by atoms with Gasteiger partial charge in [0, 0.05) is 23.2 Å². The van der Waals surface area contributed by atoms with Crippen molar-refractivity contribution < 1.29 is 28.3 Å². The third-order valence-electron chi connectivity index (χ3n) is 5.23. The van der Waals surface area contributed by atoms with Crippen LogP contribution in [0.4, 0.5) is 4.39 Å². The SMILES string of the molecule is O=C(COC(=O)c1ccc2c(c1Cl)C(=O)c1ccccc1C2=O)NCCc1ccc(F)cc1. The lowest BCUT2D eigenvalue weighted by atomic mass is 9.83. The molecule has 0 spiro atoms. The van der Waals surface area contributed by atoms with E-state index in [2.05, 4.69) is 5.32 Å². The molecule has 0 heterocycles. The van der Waals surface area contributed by atoms with Gasteiger partial charge in [-0.1, -0.05) is 48.0 Å². The number of benzene rings is 3. The zero-order valence-corrected chi connectivity index (χ0v) is 17.9. The predicted molar refractivity (Wildman–Crippen MR) is 118 cm³/mol. The van der Waals surface area contributed by atoms with Gasteiger partial charge in [-0.3, -0.25) is 14.4 Å². The summed E-state index contributed by atoms with van der Waals surface area (Å²) in [4.78, 5) is 50.1. The van der Waals surface area contributed by atoms with E-state index < -0.39 is 24.3 Å². The number of fused-ring (bicyclic) bond motifs is 2. The van der Waals surface area contributed by atoms with E-state index in [-0.39, 0.29) is 51.0 Å². The van der Waals surface area contributed by atoms with Gasteiger partial charge in [0.2, 0.25) is 0 Å². The average molecular weight is 466 g/mol. The number of amides is 1. The molecule has 3 aromatic carbocycles. The highest BCUT2D eigenvalue weighted by Crippen LogP contribution is 2.34. The van der Waals surface area contributed by atoms with E-state index in [9.17, 15) is 23.6 Å². The van der Waals surface area contributed by atoms with Crippen molar-refractivity contribution >= 4 is 35.0 Å². The maximum absolute atomic E-state index is 12.9. The first-order valence-electron chi connectivity index (χ1n) is 10.1. The van der Waals surface area contributed by atoms with Crippen LogP contribution in [0.2, 0.25) is 5.02 Å². The van der Waals surface area contributed by atoms with Crippen LogP contribution < -0.4 is 5.32 Å². The van der Waals surface area contributed by atoms with Gasteiger partial charge >= 0.3 is 5.97 Å². The molecular weight excluding hydrogens is 449 g/mol. The summed E-state index contributed by atoms with van der Waals surface area (Å²) in [5.41, 5.74) is 1.27. The van der Waals surface area contributed by atoms with E-state index >= 15 is 0 Å². The van der Waals surface area contributed by atoms with Gasteiger partial charge < -0.3 is 10.1 Å². The Bertz CT molecular complexity index is 1290. The van der Waals surface area contributed by atoms with Crippen molar-refractivity contribution in [1.82, 2.24) is 5.32 Å². The van der Waals surface area contributed by atoms with Crippen molar-refractivity contribution in [2.24, 2.45) is 0 Å². The predicted octanol–water partition coefficient (Wildman–Crippen LogP) is 3.77. The van der Waals surface area contributed by atoms with Crippen LogP contribution in [0.1, 0.15) is 47.8 Å². The van der Waals surface area contributed by atoms with Crippen LogP contribution in [0.25, 0.3) is 0 Å². The van der Waals surface area contributed by atoms with Gasteiger partial charge in [0.25, 0.3) is 5.91 Å². The molecule has 0 atom stereocenters. The first-order valence-corrected chi connectivity index (χ1v) is 10.4. The zero-order chi connectivity index (χ0) is 23.5. The molecule has 0 radical (unpaired) electrons. The number of hydrogen-bond acceptors (Lipinski definition) is 5. The van der Waals surface area contributed by atoms with Crippen LogP contribution in [-0.2, 0) is 16.0 Å². The number of nitrogens with one attached hydrogen (secondary N) is 1. The Morgan fingerprint density at radius 3 is 2.24 bits per heavy atom. The van der Waals surface area contributed by atoms with Crippen molar-refractivity contribution in [3.05, 3.63) is 105 Å². The number of esters is 1. The van der Waals surface area contributed by atoms with Gasteiger partial charge in [-0.2, -0.15) is 0 Å². The Morgan fingerprint density at radius 2 is 1.55 bits per heavy atom. The van der Waals surface area contributed by atoms with Crippen LogP contribution in [-0.4, -0.2) is 36.6 Å². The molecule has 0 fully saturated rings. The number of hydrogen-bond donors (Lipinski definition) is 1. The van der Waals surface area contributed by atoms with E-state index in [0.717, 1.165) is 5.56 Å². The molecule has 1 amide bonds. The second-order valence-electron chi connectivity index (χ2n) is 7.36. The normalized spacial score (nSPS) is 12.1. The van der Waals surface area contributed by atoms with Gasteiger partial charge in [0.1, 0.15) is 5.82 Å². The van der Waals surface area contributed by atoms with Crippen molar-refractivity contribution in [3.63, 3.8) is 0 Å². The summed E-state index contributed by atoms with van der Waals surface area (Å²) >= 11 is 6.32. The topological polar surface area (TPSA) is 89.5 Å². The summed E-state index contributed by atoms with van der Waals surface area (Å²) in [5.74, 6) is -2.58. The maximum Gasteiger partial charge on any atom is 0.340 e. The lowest BCUT2D eigenvalue weighted by Crippen LogP contribution is -2.30. The molecule has 166 valence electrons. The molecule has 8 heteroatoms. The first-order chi connectivity index (χ1) is 15.9. The molecule has 6 nitrogen and oxygen atoms in total. The summed E-state index contributed by atoms with van der Waals surface area (Å²) < 4.78 is 17.9. The van der Waals surface area contributed by atoms with Gasteiger partial charge in [-0.25, -0.2) is 9.18 Å². The molecule has 33 heavy (non-hydrogen) atoms. The molecule has 0 aliphatic heterocycles. The quantitative estimate of drug-likeness (QED) is 0.438. The van der Waals surface area contributed by atoms with E-state index in [0.29, 0.717) is 6.42 Å². The van der Waals surface area contributed by atoms with Gasteiger partial charge in [-0.15, -0.1) is 0 Å². The molecule has 4 rings (SSSR count). The second kappa shape index (κ2) is 9.34. The highest BCUT2D eigenvalue weighted by atomic mass is 35.5. The van der Waals surface area contributed by atoms with Crippen molar-refractivity contribution in [3.8, 4) is 0 Å². The molecule has 1 aliphatic carbocycles. The maximum atomic E-state index is 12.9. The minimum absolute atomic E-state index is 0.0569. The fraction of sp³-hybridized carbons (Fsp3) is 0.120. The lowest BCUT2D eigenvalue weighted by Gasteiger charge is -2.19. The fourth-order valence-corrected chi connectivity index (χ4v) is 3.89. The Morgan fingerprint density at radius 1 is 0.879 bits per heavy atom. The summed E-state index contributed by atoms with van der Waals surface area (Å²) in [5, 5.41) is 2.41. The van der Waals surface area contributed by atoms with Crippen molar-refractivity contribution in [2.45, 2.75) is 6.42 Å². The number of ether oxygens (including phenoxy) is 1. The summed E-state index contributed by atoms with van der Waals surface area (Å²) in [6.07, 6.45) is 0.480. The Labute approximate surface area is 193 Å². The van der Waals surface area contributed by atoms with Gasteiger partial charge in [0.15, 0.2) is 18.2 Å². The minimum Gasteiger partial charge on any atom is -0.452 e. The molecule has 0 unspecified atom stereocenters. The smallest absolute Gasteiger partial charge is 0.340 e. The molecule has 1 aliphatic rings. The van der Waals surface area contributed by atoms with Crippen LogP contribution >= 0.6 is 11.6 Å². The molecule has 0 bridgehead atoms. The molecule has 3 aromatic rings. The molecule has 0 aromatic heterocycles.